The molecule has 5 aromatic rings. The standard InChI is InChI=1S/C28H24ClF3N6O3/c1-3-37-15-17(14-33-37)34-25(39)19-13-22-24(35-23(19)29)36-26(38(22)4-2)28(40,16-8-6-5-7-9-16)20-11-10-18(12-21(20)30)41-27(31)32/h5-15,27,40H,3-4H2,1-2H3,(H,34,39). The highest BCUT2D eigenvalue weighted by molar-refractivity contribution is 6.33. The maximum Gasteiger partial charge on any atom is 0.387 e. The second-order valence-electron chi connectivity index (χ2n) is 8.98. The van der Waals surface area contributed by atoms with Crippen molar-refractivity contribution < 1.29 is 27.8 Å². The summed E-state index contributed by atoms with van der Waals surface area (Å²) in [6.45, 7) is 1.39. The number of aromatic nitrogens is 5. The molecule has 0 saturated carbocycles. The van der Waals surface area contributed by atoms with E-state index < -0.39 is 29.7 Å². The normalized spacial score (nSPS) is 13.0. The summed E-state index contributed by atoms with van der Waals surface area (Å²) in [6, 6.07) is 12.8. The smallest absolute Gasteiger partial charge is 0.387 e. The van der Waals surface area contributed by atoms with Gasteiger partial charge in [-0.05, 0) is 37.6 Å². The van der Waals surface area contributed by atoms with Gasteiger partial charge in [-0.15, -0.1) is 0 Å². The van der Waals surface area contributed by atoms with E-state index in [9.17, 15) is 18.7 Å². The van der Waals surface area contributed by atoms with Crippen LogP contribution in [0.2, 0.25) is 5.15 Å². The molecule has 0 saturated heterocycles. The number of benzene rings is 2. The van der Waals surface area contributed by atoms with E-state index in [0.717, 1.165) is 18.2 Å². The first-order valence-electron chi connectivity index (χ1n) is 12.6. The minimum Gasteiger partial charge on any atom is -0.435 e. The van der Waals surface area contributed by atoms with E-state index >= 15 is 4.39 Å². The number of carbonyl (C=O) groups excluding carboxylic acids is 1. The zero-order valence-electron chi connectivity index (χ0n) is 21.9. The summed E-state index contributed by atoms with van der Waals surface area (Å²) in [5, 5.41) is 19.0. The maximum atomic E-state index is 15.5. The lowest BCUT2D eigenvalue weighted by Crippen LogP contribution is -2.33. The second kappa shape index (κ2) is 11.2. The van der Waals surface area contributed by atoms with Crippen LogP contribution in [0.4, 0.5) is 18.9 Å². The third kappa shape index (κ3) is 5.23. The van der Waals surface area contributed by atoms with E-state index in [-0.39, 0.29) is 39.9 Å². The molecule has 5 rings (SSSR count). The molecule has 1 unspecified atom stereocenters. The van der Waals surface area contributed by atoms with E-state index in [2.05, 4.69) is 25.1 Å². The number of alkyl halides is 2. The number of aryl methyl sites for hydroxylation is 2. The number of nitrogens with zero attached hydrogens (tertiary/aromatic N) is 5. The fourth-order valence-electron chi connectivity index (χ4n) is 4.63. The Labute approximate surface area is 237 Å². The van der Waals surface area contributed by atoms with E-state index in [0.29, 0.717) is 17.7 Å². The van der Waals surface area contributed by atoms with Crippen LogP contribution in [-0.2, 0) is 18.7 Å². The molecule has 0 aliphatic carbocycles. The Kier molecular flexibility index (Phi) is 7.70. The summed E-state index contributed by atoms with van der Waals surface area (Å²) in [5.41, 5.74) is -1.23. The van der Waals surface area contributed by atoms with Crippen molar-refractivity contribution in [3.05, 3.63) is 100 Å². The van der Waals surface area contributed by atoms with Crippen LogP contribution in [0, 0.1) is 5.82 Å². The van der Waals surface area contributed by atoms with Crippen molar-refractivity contribution in [2.75, 3.05) is 5.32 Å². The Balaban J connectivity index is 1.66. The van der Waals surface area contributed by atoms with Crippen LogP contribution >= 0.6 is 11.6 Å². The van der Waals surface area contributed by atoms with E-state index in [1.165, 1.54) is 12.3 Å². The van der Waals surface area contributed by atoms with Crippen LogP contribution in [0.25, 0.3) is 11.2 Å². The molecule has 0 fully saturated rings. The number of anilines is 1. The van der Waals surface area contributed by atoms with Crippen molar-refractivity contribution in [3.8, 4) is 5.75 Å². The molecule has 212 valence electrons. The molecular weight excluding hydrogens is 561 g/mol. The number of pyridine rings is 1. The largest absolute Gasteiger partial charge is 0.435 e. The average molecular weight is 585 g/mol. The van der Waals surface area contributed by atoms with Gasteiger partial charge in [-0.1, -0.05) is 41.9 Å². The van der Waals surface area contributed by atoms with Gasteiger partial charge in [0, 0.05) is 30.9 Å². The molecule has 3 heterocycles. The minimum atomic E-state index is -3.15. The summed E-state index contributed by atoms with van der Waals surface area (Å²) >= 11 is 6.39. The molecule has 3 aromatic heterocycles. The van der Waals surface area contributed by atoms with Gasteiger partial charge in [-0.25, -0.2) is 14.4 Å². The first-order valence-corrected chi connectivity index (χ1v) is 13.0. The van der Waals surface area contributed by atoms with Crippen molar-refractivity contribution in [3.63, 3.8) is 0 Å². The summed E-state index contributed by atoms with van der Waals surface area (Å²) in [6.07, 6.45) is 3.17. The van der Waals surface area contributed by atoms with Crippen molar-refractivity contribution in [2.24, 2.45) is 0 Å². The Morgan fingerprint density at radius 3 is 2.51 bits per heavy atom. The van der Waals surface area contributed by atoms with Gasteiger partial charge in [0.2, 0.25) is 0 Å². The van der Waals surface area contributed by atoms with Gasteiger partial charge in [-0.2, -0.15) is 13.9 Å². The number of amides is 1. The van der Waals surface area contributed by atoms with Gasteiger partial charge in [0.15, 0.2) is 17.1 Å². The van der Waals surface area contributed by atoms with Gasteiger partial charge in [0.05, 0.1) is 23.0 Å². The number of nitrogens with one attached hydrogen (secondary N) is 1. The number of hydrogen-bond donors (Lipinski definition) is 2. The van der Waals surface area contributed by atoms with Crippen molar-refractivity contribution >= 4 is 34.4 Å². The molecule has 0 radical (unpaired) electrons. The number of fused-ring (bicyclic) bond motifs is 1. The lowest BCUT2D eigenvalue weighted by molar-refractivity contribution is -0.0500. The van der Waals surface area contributed by atoms with Gasteiger partial charge < -0.3 is 19.7 Å². The van der Waals surface area contributed by atoms with Crippen molar-refractivity contribution in [1.82, 2.24) is 24.3 Å². The molecular formula is C28H24ClF3N6O3. The monoisotopic (exact) mass is 584 g/mol. The first kappa shape index (κ1) is 28.1. The Morgan fingerprint density at radius 1 is 1.12 bits per heavy atom. The van der Waals surface area contributed by atoms with E-state index in [4.69, 9.17) is 11.6 Å². The fourth-order valence-corrected chi connectivity index (χ4v) is 4.85. The SMILES string of the molecule is CCn1cc(NC(=O)c2cc3c(nc2Cl)nc(C(O)(c2ccccc2)c2ccc(OC(F)F)cc2F)n3CC)cn1. The first-order chi connectivity index (χ1) is 19.6. The summed E-state index contributed by atoms with van der Waals surface area (Å²) in [7, 11) is 0. The van der Waals surface area contributed by atoms with E-state index in [1.807, 2.05) is 6.92 Å². The zero-order valence-corrected chi connectivity index (χ0v) is 22.6. The van der Waals surface area contributed by atoms with Gasteiger partial charge in [-0.3, -0.25) is 9.48 Å². The fraction of sp³-hybridized carbons (Fsp3) is 0.214. The molecule has 0 aliphatic heterocycles. The molecule has 9 nitrogen and oxygen atoms in total. The van der Waals surface area contributed by atoms with Gasteiger partial charge >= 0.3 is 6.61 Å². The molecule has 0 aliphatic rings. The number of halogens is 4. The molecule has 0 spiro atoms. The highest BCUT2D eigenvalue weighted by Crippen LogP contribution is 2.40. The maximum absolute atomic E-state index is 15.5. The number of aliphatic hydroxyl groups is 1. The van der Waals surface area contributed by atoms with Crippen molar-refractivity contribution in [1.29, 1.82) is 0 Å². The third-order valence-electron chi connectivity index (χ3n) is 6.54. The summed E-state index contributed by atoms with van der Waals surface area (Å²) < 4.78 is 48.5. The van der Waals surface area contributed by atoms with Crippen LogP contribution in [0.15, 0.2) is 67.0 Å². The van der Waals surface area contributed by atoms with Crippen LogP contribution in [0.3, 0.4) is 0 Å². The molecule has 2 N–H and O–H groups in total. The summed E-state index contributed by atoms with van der Waals surface area (Å²) in [4.78, 5) is 21.9. The number of imidazole rings is 1. The van der Waals surface area contributed by atoms with Crippen molar-refractivity contribution in [2.45, 2.75) is 39.1 Å². The van der Waals surface area contributed by atoms with Crippen LogP contribution in [-0.4, -0.2) is 41.9 Å². The predicted molar refractivity (Wildman–Crippen MR) is 146 cm³/mol. The lowest BCUT2D eigenvalue weighted by atomic mass is 9.85. The zero-order chi connectivity index (χ0) is 29.3. The number of rotatable bonds is 9. The quantitative estimate of drug-likeness (QED) is 0.219. The average Bonchev–Trinajstić information content (AvgIpc) is 3.56. The molecule has 41 heavy (non-hydrogen) atoms. The Bertz CT molecular complexity index is 1730. The number of hydrogen-bond acceptors (Lipinski definition) is 6. The molecule has 1 atom stereocenters. The Morgan fingerprint density at radius 2 is 1.88 bits per heavy atom. The highest BCUT2D eigenvalue weighted by Gasteiger charge is 2.41. The second-order valence-corrected chi connectivity index (χ2v) is 9.34. The molecule has 0 bridgehead atoms. The third-order valence-corrected chi connectivity index (χ3v) is 6.83. The van der Waals surface area contributed by atoms with Crippen LogP contribution < -0.4 is 10.1 Å². The highest BCUT2D eigenvalue weighted by atomic mass is 35.5. The minimum absolute atomic E-state index is 0.0204. The van der Waals surface area contributed by atoms with Gasteiger partial charge in [0.1, 0.15) is 16.7 Å². The molecule has 1 amide bonds. The van der Waals surface area contributed by atoms with Gasteiger partial charge in [0.25, 0.3) is 5.91 Å². The molecule has 13 heteroatoms. The Hall–Kier alpha value is -4.42. The lowest BCUT2D eigenvalue weighted by Gasteiger charge is -2.30. The van der Waals surface area contributed by atoms with Crippen LogP contribution in [0.5, 0.6) is 5.75 Å². The predicted octanol–water partition coefficient (Wildman–Crippen LogP) is 5.60. The van der Waals surface area contributed by atoms with Crippen LogP contribution in [0.1, 0.15) is 41.2 Å². The van der Waals surface area contributed by atoms with E-state index in [1.54, 1.807) is 52.7 Å². The summed E-state index contributed by atoms with van der Waals surface area (Å²) in [5.74, 6) is -1.96. The molecule has 2 aromatic carbocycles. The topological polar surface area (TPSA) is 107 Å². The number of ether oxygens (including phenoxy) is 1. The number of carbonyl (C=O) groups is 1.